The van der Waals surface area contributed by atoms with E-state index in [4.69, 9.17) is 9.47 Å². The second kappa shape index (κ2) is 9.78. The molecule has 1 saturated heterocycles. The quantitative estimate of drug-likeness (QED) is 0.460. The number of nitrogens with one attached hydrogen (secondary N) is 1. The lowest BCUT2D eigenvalue weighted by molar-refractivity contribution is -0.122. The number of aryl methyl sites for hydroxylation is 1. The number of hydrogen-bond acceptors (Lipinski definition) is 5. The van der Waals surface area contributed by atoms with Gasteiger partial charge < -0.3 is 9.47 Å². The van der Waals surface area contributed by atoms with E-state index in [0.717, 1.165) is 16.9 Å². The Morgan fingerprint density at radius 1 is 0.968 bits per heavy atom. The molecule has 1 heterocycles. The highest BCUT2D eigenvalue weighted by atomic mass is 79.9. The molecule has 1 aliphatic heterocycles. The molecule has 0 aliphatic carbocycles. The van der Waals surface area contributed by atoms with Crippen molar-refractivity contribution in [1.82, 2.24) is 5.32 Å². The summed E-state index contributed by atoms with van der Waals surface area (Å²) >= 11 is 3.44. The van der Waals surface area contributed by atoms with Crippen molar-refractivity contribution < 1.29 is 23.9 Å². The summed E-state index contributed by atoms with van der Waals surface area (Å²) in [5, 5.41) is 2.24. The van der Waals surface area contributed by atoms with Crippen LogP contribution in [0.2, 0.25) is 0 Å². The molecule has 2 aromatic rings. The Bertz CT molecular complexity index is 1050. The van der Waals surface area contributed by atoms with E-state index in [1.807, 2.05) is 32.9 Å². The molecule has 0 saturated carbocycles. The molecular weight excluding hydrogens is 464 g/mol. The summed E-state index contributed by atoms with van der Waals surface area (Å²) in [7, 11) is 0. The number of ether oxygens (including phenoxy) is 2. The summed E-state index contributed by atoms with van der Waals surface area (Å²) < 4.78 is 11.9. The molecule has 162 valence electrons. The van der Waals surface area contributed by atoms with Gasteiger partial charge in [-0.05, 0) is 66.0 Å². The van der Waals surface area contributed by atoms with Gasteiger partial charge in [0.25, 0.3) is 11.8 Å². The van der Waals surface area contributed by atoms with E-state index in [9.17, 15) is 14.4 Å². The van der Waals surface area contributed by atoms with Crippen LogP contribution in [0.15, 0.2) is 46.4 Å². The van der Waals surface area contributed by atoms with Gasteiger partial charge in [-0.25, -0.2) is 9.69 Å². The summed E-state index contributed by atoms with van der Waals surface area (Å²) in [5.74, 6) is -0.423. The molecule has 31 heavy (non-hydrogen) atoms. The van der Waals surface area contributed by atoms with Crippen LogP contribution in [0, 0.1) is 0 Å². The first-order chi connectivity index (χ1) is 14.9. The summed E-state index contributed by atoms with van der Waals surface area (Å²) in [6.07, 6.45) is 2.25. The van der Waals surface area contributed by atoms with Crippen LogP contribution < -0.4 is 19.7 Å². The zero-order valence-electron chi connectivity index (χ0n) is 17.5. The maximum Gasteiger partial charge on any atom is 0.335 e. The number of nitrogens with zero attached hydrogens (tertiary/aromatic N) is 1. The summed E-state index contributed by atoms with van der Waals surface area (Å²) in [6.45, 7) is 6.57. The van der Waals surface area contributed by atoms with Crippen LogP contribution in [0.1, 0.15) is 31.9 Å². The molecule has 2 aromatic carbocycles. The van der Waals surface area contributed by atoms with E-state index < -0.39 is 17.8 Å². The number of hydrogen-bond donors (Lipinski definition) is 1. The zero-order valence-corrected chi connectivity index (χ0v) is 19.1. The normalized spacial score (nSPS) is 15.3. The average Bonchev–Trinajstić information content (AvgIpc) is 2.74. The lowest BCUT2D eigenvalue weighted by Gasteiger charge is -2.26. The fourth-order valence-corrected chi connectivity index (χ4v) is 3.61. The summed E-state index contributed by atoms with van der Waals surface area (Å²) in [6, 6.07) is 9.67. The average molecular weight is 487 g/mol. The van der Waals surface area contributed by atoms with Gasteiger partial charge in [0, 0.05) is 11.6 Å². The third-order valence-electron chi connectivity index (χ3n) is 4.67. The predicted molar refractivity (Wildman–Crippen MR) is 121 cm³/mol. The molecule has 0 bridgehead atoms. The Labute approximate surface area is 189 Å². The van der Waals surface area contributed by atoms with Crippen molar-refractivity contribution in [3.63, 3.8) is 0 Å². The lowest BCUT2D eigenvalue weighted by atomic mass is 10.1. The third-order valence-corrected chi connectivity index (χ3v) is 5.29. The first kappa shape index (κ1) is 22.6. The molecule has 0 unspecified atom stereocenters. The molecule has 7 nitrogen and oxygen atoms in total. The lowest BCUT2D eigenvalue weighted by Crippen LogP contribution is -2.54. The smallest absolute Gasteiger partial charge is 0.335 e. The van der Waals surface area contributed by atoms with Gasteiger partial charge in [0.15, 0.2) is 0 Å². The second-order valence-corrected chi connectivity index (χ2v) is 7.52. The van der Waals surface area contributed by atoms with Crippen molar-refractivity contribution in [3.05, 3.63) is 57.6 Å². The van der Waals surface area contributed by atoms with Crippen molar-refractivity contribution in [2.24, 2.45) is 0 Å². The largest absolute Gasteiger partial charge is 0.493 e. The maximum absolute atomic E-state index is 13.1. The minimum atomic E-state index is -0.783. The van der Waals surface area contributed by atoms with Gasteiger partial charge in [-0.15, -0.1) is 0 Å². The van der Waals surface area contributed by atoms with Crippen molar-refractivity contribution in [2.45, 2.75) is 27.2 Å². The van der Waals surface area contributed by atoms with Gasteiger partial charge >= 0.3 is 6.03 Å². The number of amides is 4. The Morgan fingerprint density at radius 2 is 1.61 bits per heavy atom. The number of carbonyl (C=O) groups is 3. The van der Waals surface area contributed by atoms with Crippen molar-refractivity contribution in [1.29, 1.82) is 0 Å². The SMILES string of the molecule is CCOc1cc(OCC)c(/C=C2/C(=O)NC(=O)N(c3ccc(CC)cc3)C2=O)cc1Br. The Morgan fingerprint density at radius 3 is 2.23 bits per heavy atom. The van der Waals surface area contributed by atoms with Crippen molar-refractivity contribution >= 4 is 45.5 Å². The number of urea groups is 1. The van der Waals surface area contributed by atoms with Crippen molar-refractivity contribution in [2.75, 3.05) is 18.1 Å². The fourth-order valence-electron chi connectivity index (χ4n) is 3.14. The van der Waals surface area contributed by atoms with Gasteiger partial charge in [-0.2, -0.15) is 0 Å². The topological polar surface area (TPSA) is 84.9 Å². The number of imide groups is 2. The molecule has 3 rings (SSSR count). The number of barbiturate groups is 1. The highest BCUT2D eigenvalue weighted by Gasteiger charge is 2.37. The minimum Gasteiger partial charge on any atom is -0.493 e. The van der Waals surface area contributed by atoms with Gasteiger partial charge in [0.2, 0.25) is 0 Å². The molecule has 0 aromatic heterocycles. The first-order valence-corrected chi connectivity index (χ1v) is 10.8. The van der Waals surface area contributed by atoms with Gasteiger partial charge in [-0.1, -0.05) is 19.1 Å². The van der Waals surface area contributed by atoms with E-state index in [2.05, 4.69) is 21.2 Å². The van der Waals surface area contributed by atoms with E-state index >= 15 is 0 Å². The third kappa shape index (κ3) is 4.80. The molecule has 0 atom stereocenters. The number of carbonyl (C=O) groups excluding carboxylic acids is 3. The van der Waals surface area contributed by atoms with Crippen LogP contribution in [-0.2, 0) is 16.0 Å². The van der Waals surface area contributed by atoms with E-state index in [1.54, 1.807) is 24.3 Å². The minimum absolute atomic E-state index is 0.170. The first-order valence-electron chi connectivity index (χ1n) is 9.99. The summed E-state index contributed by atoms with van der Waals surface area (Å²) in [4.78, 5) is 39.0. The molecule has 0 spiro atoms. The Kier molecular flexibility index (Phi) is 7.12. The number of halogens is 1. The molecule has 8 heteroatoms. The number of rotatable bonds is 7. The standard InChI is InChI=1S/C23H23BrN2O5/c1-4-14-7-9-16(10-8-14)26-22(28)17(21(27)25-23(26)29)11-15-12-18(24)20(31-6-3)13-19(15)30-5-2/h7-13H,4-6H2,1-3H3,(H,25,27,29)/b17-11-. The van der Waals surface area contributed by atoms with Crippen LogP contribution in [0.25, 0.3) is 6.08 Å². The van der Waals surface area contributed by atoms with E-state index in [-0.39, 0.29) is 5.57 Å². The van der Waals surface area contributed by atoms with Crippen molar-refractivity contribution in [3.8, 4) is 11.5 Å². The van der Waals surface area contributed by atoms with Crippen LogP contribution in [0.5, 0.6) is 11.5 Å². The second-order valence-electron chi connectivity index (χ2n) is 6.66. The molecule has 1 N–H and O–H groups in total. The molecule has 0 radical (unpaired) electrons. The van der Waals surface area contributed by atoms with Crippen LogP contribution in [-0.4, -0.2) is 31.1 Å². The van der Waals surface area contributed by atoms with E-state index in [0.29, 0.717) is 40.4 Å². The summed E-state index contributed by atoms with van der Waals surface area (Å²) in [5.41, 5.74) is 1.79. The molecule has 1 fully saturated rings. The maximum atomic E-state index is 13.1. The Balaban J connectivity index is 2.04. The van der Waals surface area contributed by atoms with Gasteiger partial charge in [-0.3, -0.25) is 14.9 Å². The van der Waals surface area contributed by atoms with Crippen LogP contribution in [0.4, 0.5) is 10.5 Å². The zero-order chi connectivity index (χ0) is 22.5. The van der Waals surface area contributed by atoms with Gasteiger partial charge in [0.05, 0.1) is 23.4 Å². The number of benzene rings is 2. The van der Waals surface area contributed by atoms with Crippen LogP contribution >= 0.6 is 15.9 Å². The highest BCUT2D eigenvalue weighted by molar-refractivity contribution is 9.10. The van der Waals surface area contributed by atoms with Gasteiger partial charge in [0.1, 0.15) is 17.1 Å². The van der Waals surface area contributed by atoms with E-state index in [1.165, 1.54) is 6.08 Å². The Hall–Kier alpha value is -3.13. The fraction of sp³-hybridized carbons (Fsp3) is 0.261. The molecular formula is C23H23BrN2O5. The number of anilines is 1. The monoisotopic (exact) mass is 486 g/mol. The highest BCUT2D eigenvalue weighted by Crippen LogP contribution is 2.35. The van der Waals surface area contributed by atoms with Crippen LogP contribution in [0.3, 0.4) is 0 Å². The molecule has 4 amide bonds. The predicted octanol–water partition coefficient (Wildman–Crippen LogP) is 4.48. The molecule has 1 aliphatic rings.